The standard InChI is InChI=1S/C24H18ClN3O2/c1-15-13-17(25)11-12-21(15)26-24(30)20-14-16-7-5-6-10-19(16)22(23(20)29)28-27-18-8-3-2-4-9-18/h2-14,29H,1H3,(H,26,30). The van der Waals surface area contributed by atoms with Gasteiger partial charge in [0.2, 0.25) is 0 Å². The summed E-state index contributed by atoms with van der Waals surface area (Å²) in [5, 5.41) is 24.3. The van der Waals surface area contributed by atoms with Crippen LogP contribution in [0.15, 0.2) is 89.1 Å². The maximum Gasteiger partial charge on any atom is 0.259 e. The molecule has 0 aliphatic carbocycles. The molecule has 0 saturated heterocycles. The molecule has 148 valence electrons. The summed E-state index contributed by atoms with van der Waals surface area (Å²) >= 11 is 5.99. The number of azo groups is 1. The summed E-state index contributed by atoms with van der Waals surface area (Å²) in [5.74, 6) is -0.669. The molecule has 0 fully saturated rings. The van der Waals surface area contributed by atoms with E-state index in [1.54, 1.807) is 24.3 Å². The Morgan fingerprint density at radius 1 is 0.933 bits per heavy atom. The average Bonchev–Trinajstić information content (AvgIpc) is 2.75. The fraction of sp³-hybridized carbons (Fsp3) is 0.0417. The van der Waals surface area contributed by atoms with E-state index in [0.717, 1.165) is 10.9 Å². The summed E-state index contributed by atoms with van der Waals surface area (Å²) in [7, 11) is 0. The Bertz CT molecular complexity index is 1270. The lowest BCUT2D eigenvalue weighted by Gasteiger charge is -2.12. The normalized spacial score (nSPS) is 11.1. The highest BCUT2D eigenvalue weighted by Gasteiger charge is 2.19. The van der Waals surface area contributed by atoms with E-state index in [0.29, 0.717) is 21.8 Å². The van der Waals surface area contributed by atoms with Crippen molar-refractivity contribution < 1.29 is 9.90 Å². The quantitative estimate of drug-likeness (QED) is 0.346. The molecular weight excluding hydrogens is 398 g/mol. The van der Waals surface area contributed by atoms with E-state index in [1.807, 2.05) is 61.5 Å². The topological polar surface area (TPSA) is 74.0 Å². The molecule has 0 spiro atoms. The van der Waals surface area contributed by atoms with Gasteiger partial charge in [0.1, 0.15) is 5.69 Å². The zero-order valence-electron chi connectivity index (χ0n) is 16.1. The van der Waals surface area contributed by atoms with Crippen LogP contribution in [0.4, 0.5) is 17.1 Å². The van der Waals surface area contributed by atoms with Gasteiger partial charge >= 0.3 is 0 Å². The van der Waals surface area contributed by atoms with E-state index in [-0.39, 0.29) is 17.0 Å². The van der Waals surface area contributed by atoms with Crippen LogP contribution in [-0.4, -0.2) is 11.0 Å². The molecule has 2 N–H and O–H groups in total. The van der Waals surface area contributed by atoms with Gasteiger partial charge in [0, 0.05) is 16.1 Å². The summed E-state index contributed by atoms with van der Waals surface area (Å²) in [6, 6.07) is 23.4. The van der Waals surface area contributed by atoms with Crippen LogP contribution in [0.5, 0.6) is 5.75 Å². The van der Waals surface area contributed by atoms with E-state index in [2.05, 4.69) is 15.5 Å². The first-order chi connectivity index (χ1) is 14.5. The maximum atomic E-state index is 13.0. The predicted octanol–water partition coefficient (Wildman–Crippen LogP) is 7.17. The minimum Gasteiger partial charge on any atom is -0.505 e. The minimum absolute atomic E-state index is 0.116. The van der Waals surface area contributed by atoms with Gasteiger partial charge in [-0.2, -0.15) is 5.11 Å². The number of rotatable bonds is 4. The number of phenols is 1. The zero-order chi connectivity index (χ0) is 21.1. The first-order valence-electron chi connectivity index (χ1n) is 9.32. The van der Waals surface area contributed by atoms with Crippen molar-refractivity contribution in [2.45, 2.75) is 6.92 Å². The average molecular weight is 416 g/mol. The van der Waals surface area contributed by atoms with Gasteiger partial charge in [0.25, 0.3) is 5.91 Å². The van der Waals surface area contributed by atoms with Crippen LogP contribution in [0.1, 0.15) is 15.9 Å². The fourth-order valence-corrected chi connectivity index (χ4v) is 3.38. The summed E-state index contributed by atoms with van der Waals surface area (Å²) in [6.45, 7) is 1.85. The van der Waals surface area contributed by atoms with Crippen LogP contribution in [0.3, 0.4) is 0 Å². The number of aryl methyl sites for hydroxylation is 1. The number of benzene rings is 4. The molecular formula is C24H18ClN3O2. The van der Waals surface area contributed by atoms with E-state index < -0.39 is 5.91 Å². The third-order valence-electron chi connectivity index (χ3n) is 4.70. The molecule has 0 aliphatic heterocycles. The van der Waals surface area contributed by atoms with E-state index in [4.69, 9.17) is 11.6 Å². The first kappa shape index (κ1) is 19.6. The lowest BCUT2D eigenvalue weighted by molar-refractivity contribution is 0.102. The Hall–Kier alpha value is -3.70. The summed E-state index contributed by atoms with van der Waals surface area (Å²) in [5.41, 5.74) is 2.44. The SMILES string of the molecule is Cc1cc(Cl)ccc1NC(=O)c1cc2ccccc2c(N=Nc2ccccc2)c1O. The molecule has 4 aromatic carbocycles. The molecule has 30 heavy (non-hydrogen) atoms. The molecule has 4 aromatic rings. The van der Waals surface area contributed by atoms with Gasteiger partial charge in [-0.05, 0) is 54.3 Å². The number of nitrogens with zero attached hydrogens (tertiary/aromatic N) is 2. The number of hydrogen-bond acceptors (Lipinski definition) is 4. The number of amides is 1. The second kappa shape index (κ2) is 8.35. The van der Waals surface area contributed by atoms with E-state index >= 15 is 0 Å². The maximum absolute atomic E-state index is 13.0. The van der Waals surface area contributed by atoms with Gasteiger partial charge in [0.15, 0.2) is 5.75 Å². The Morgan fingerprint density at radius 3 is 2.43 bits per heavy atom. The Balaban J connectivity index is 1.77. The number of halogens is 1. The smallest absolute Gasteiger partial charge is 0.259 e. The van der Waals surface area contributed by atoms with Crippen LogP contribution in [0.2, 0.25) is 5.02 Å². The molecule has 0 radical (unpaired) electrons. The van der Waals surface area contributed by atoms with Crippen molar-refractivity contribution in [3.63, 3.8) is 0 Å². The number of fused-ring (bicyclic) bond motifs is 1. The summed E-state index contributed by atoms with van der Waals surface area (Å²) < 4.78 is 0. The van der Waals surface area contributed by atoms with Gasteiger partial charge in [-0.25, -0.2) is 0 Å². The van der Waals surface area contributed by atoms with Crippen LogP contribution >= 0.6 is 11.6 Å². The largest absolute Gasteiger partial charge is 0.505 e. The Labute approximate surface area is 178 Å². The molecule has 0 aromatic heterocycles. The van der Waals surface area contributed by atoms with Crippen molar-refractivity contribution in [1.82, 2.24) is 0 Å². The molecule has 6 heteroatoms. The van der Waals surface area contributed by atoms with Crippen molar-refractivity contribution in [2.24, 2.45) is 10.2 Å². The number of phenolic OH excluding ortho intramolecular Hbond substituents is 1. The lowest BCUT2D eigenvalue weighted by Crippen LogP contribution is -2.13. The molecule has 0 atom stereocenters. The van der Waals surface area contributed by atoms with Crippen LogP contribution in [0.25, 0.3) is 10.8 Å². The second-order valence-electron chi connectivity index (χ2n) is 6.79. The van der Waals surface area contributed by atoms with Gasteiger partial charge in [-0.3, -0.25) is 4.79 Å². The monoisotopic (exact) mass is 415 g/mol. The van der Waals surface area contributed by atoms with Crippen molar-refractivity contribution in [3.05, 3.63) is 95.0 Å². The van der Waals surface area contributed by atoms with E-state index in [9.17, 15) is 9.90 Å². The second-order valence-corrected chi connectivity index (χ2v) is 7.23. The molecule has 1 amide bonds. The minimum atomic E-state index is -0.445. The summed E-state index contributed by atoms with van der Waals surface area (Å²) in [4.78, 5) is 13.0. The number of anilines is 1. The molecule has 0 unspecified atom stereocenters. The Morgan fingerprint density at radius 2 is 1.67 bits per heavy atom. The van der Waals surface area contributed by atoms with Crippen molar-refractivity contribution in [1.29, 1.82) is 0 Å². The first-order valence-corrected chi connectivity index (χ1v) is 9.70. The summed E-state index contributed by atoms with van der Waals surface area (Å²) in [6.07, 6.45) is 0. The van der Waals surface area contributed by atoms with Crippen LogP contribution < -0.4 is 5.32 Å². The Kier molecular flexibility index (Phi) is 5.46. The lowest BCUT2D eigenvalue weighted by atomic mass is 10.0. The molecule has 0 heterocycles. The van der Waals surface area contributed by atoms with Crippen LogP contribution in [-0.2, 0) is 0 Å². The molecule has 0 bridgehead atoms. The van der Waals surface area contributed by atoms with Crippen molar-refractivity contribution >= 4 is 45.3 Å². The highest BCUT2D eigenvalue weighted by atomic mass is 35.5. The number of carbonyl (C=O) groups is 1. The fourth-order valence-electron chi connectivity index (χ4n) is 3.15. The van der Waals surface area contributed by atoms with Gasteiger partial charge in [0.05, 0.1) is 11.3 Å². The highest BCUT2D eigenvalue weighted by molar-refractivity contribution is 6.30. The number of nitrogens with one attached hydrogen (secondary N) is 1. The van der Waals surface area contributed by atoms with Gasteiger partial charge in [-0.1, -0.05) is 54.1 Å². The molecule has 0 aliphatic rings. The number of hydrogen-bond donors (Lipinski definition) is 2. The molecule has 0 saturated carbocycles. The number of aromatic hydroxyl groups is 1. The number of carbonyl (C=O) groups excluding carboxylic acids is 1. The van der Waals surface area contributed by atoms with Gasteiger partial charge < -0.3 is 10.4 Å². The van der Waals surface area contributed by atoms with E-state index in [1.165, 1.54) is 0 Å². The van der Waals surface area contributed by atoms with Crippen molar-refractivity contribution in [2.75, 3.05) is 5.32 Å². The third kappa shape index (κ3) is 4.02. The van der Waals surface area contributed by atoms with Crippen LogP contribution in [0, 0.1) is 6.92 Å². The highest BCUT2D eigenvalue weighted by Crippen LogP contribution is 2.39. The zero-order valence-corrected chi connectivity index (χ0v) is 16.9. The van der Waals surface area contributed by atoms with Gasteiger partial charge in [-0.15, -0.1) is 5.11 Å². The molecule has 4 rings (SSSR count). The molecule has 5 nitrogen and oxygen atoms in total. The van der Waals surface area contributed by atoms with Crippen molar-refractivity contribution in [3.8, 4) is 5.75 Å². The third-order valence-corrected chi connectivity index (χ3v) is 4.93. The predicted molar refractivity (Wildman–Crippen MR) is 120 cm³/mol.